The number of nitrogen functional groups attached to an aromatic ring is 1. The molecule has 0 aliphatic heterocycles. The van der Waals surface area contributed by atoms with Gasteiger partial charge in [-0.3, -0.25) is 4.79 Å². The third-order valence-electron chi connectivity index (χ3n) is 2.99. The van der Waals surface area contributed by atoms with Gasteiger partial charge in [0.1, 0.15) is 0 Å². The van der Waals surface area contributed by atoms with Gasteiger partial charge in [-0.1, -0.05) is 6.07 Å². The second kappa shape index (κ2) is 6.45. The molecule has 1 amide bonds. The second-order valence-corrected chi connectivity index (χ2v) is 5.50. The van der Waals surface area contributed by atoms with Crippen LogP contribution in [0.5, 0.6) is 11.5 Å². The highest BCUT2D eigenvalue weighted by atomic mass is 32.1. The van der Waals surface area contributed by atoms with Crippen LogP contribution in [-0.4, -0.2) is 35.1 Å². The van der Waals surface area contributed by atoms with Gasteiger partial charge in [-0.05, 0) is 17.7 Å². The molecule has 2 rings (SSSR count). The minimum atomic E-state index is -0.0488. The molecule has 2 aromatic rings. The highest BCUT2D eigenvalue weighted by Crippen LogP contribution is 2.26. The largest absolute Gasteiger partial charge is 0.504 e. The van der Waals surface area contributed by atoms with Gasteiger partial charge in [-0.25, -0.2) is 4.98 Å². The van der Waals surface area contributed by atoms with Crippen molar-refractivity contribution in [3.63, 3.8) is 0 Å². The standard InChI is InChI=1S/C14H17N3O3S/c1-17(13(19)6-10-8-21-14(15)16-10)7-9-3-4-11(18)12(5-9)20-2/h3-5,8,18H,6-7H2,1-2H3,(H2,15,16). The molecule has 0 saturated heterocycles. The fourth-order valence-corrected chi connectivity index (χ4v) is 2.44. The lowest BCUT2D eigenvalue weighted by molar-refractivity contribution is -0.129. The molecule has 0 fully saturated rings. The average molecular weight is 307 g/mol. The molecule has 0 spiro atoms. The van der Waals surface area contributed by atoms with Crippen LogP contribution in [0.1, 0.15) is 11.3 Å². The first kappa shape index (κ1) is 15.1. The van der Waals surface area contributed by atoms with Gasteiger partial charge in [0.15, 0.2) is 16.6 Å². The van der Waals surface area contributed by atoms with E-state index in [9.17, 15) is 9.90 Å². The zero-order valence-corrected chi connectivity index (χ0v) is 12.7. The molecule has 21 heavy (non-hydrogen) atoms. The summed E-state index contributed by atoms with van der Waals surface area (Å²) in [6.07, 6.45) is 0.222. The number of phenols is 1. The number of carbonyl (C=O) groups is 1. The number of methoxy groups -OCH3 is 1. The van der Waals surface area contributed by atoms with Crippen molar-refractivity contribution in [3.05, 3.63) is 34.8 Å². The zero-order valence-electron chi connectivity index (χ0n) is 11.9. The van der Waals surface area contributed by atoms with Crippen molar-refractivity contribution in [1.82, 2.24) is 9.88 Å². The number of hydrogen-bond donors (Lipinski definition) is 2. The summed E-state index contributed by atoms with van der Waals surface area (Å²) in [4.78, 5) is 17.8. The van der Waals surface area contributed by atoms with Crippen molar-refractivity contribution in [2.75, 3.05) is 19.9 Å². The number of nitrogens with zero attached hydrogens (tertiary/aromatic N) is 2. The average Bonchev–Trinajstić information content (AvgIpc) is 2.86. The second-order valence-electron chi connectivity index (χ2n) is 4.61. The number of nitrogens with two attached hydrogens (primary N) is 1. The number of carbonyl (C=O) groups excluding carboxylic acids is 1. The van der Waals surface area contributed by atoms with Crippen LogP contribution in [0, 0.1) is 0 Å². The molecule has 1 heterocycles. The minimum Gasteiger partial charge on any atom is -0.504 e. The van der Waals surface area contributed by atoms with Crippen molar-refractivity contribution >= 4 is 22.4 Å². The lowest BCUT2D eigenvalue weighted by Gasteiger charge is -2.17. The van der Waals surface area contributed by atoms with E-state index in [1.54, 1.807) is 35.5 Å². The van der Waals surface area contributed by atoms with E-state index in [1.165, 1.54) is 18.4 Å². The zero-order chi connectivity index (χ0) is 15.4. The van der Waals surface area contributed by atoms with Crippen molar-refractivity contribution in [3.8, 4) is 11.5 Å². The number of aromatic hydroxyl groups is 1. The smallest absolute Gasteiger partial charge is 0.228 e. The number of aromatic nitrogens is 1. The first-order valence-corrected chi connectivity index (χ1v) is 7.17. The summed E-state index contributed by atoms with van der Waals surface area (Å²) in [6.45, 7) is 0.426. The molecular weight excluding hydrogens is 290 g/mol. The van der Waals surface area contributed by atoms with Gasteiger partial charge < -0.3 is 20.5 Å². The van der Waals surface area contributed by atoms with Gasteiger partial charge in [0.2, 0.25) is 5.91 Å². The number of anilines is 1. The minimum absolute atomic E-state index is 0.0488. The van der Waals surface area contributed by atoms with Crippen LogP contribution in [0.15, 0.2) is 23.6 Å². The summed E-state index contributed by atoms with van der Waals surface area (Å²) in [6, 6.07) is 5.01. The highest BCUT2D eigenvalue weighted by molar-refractivity contribution is 7.13. The van der Waals surface area contributed by atoms with E-state index in [4.69, 9.17) is 10.5 Å². The predicted molar refractivity (Wildman–Crippen MR) is 81.4 cm³/mol. The van der Waals surface area contributed by atoms with Crippen molar-refractivity contribution in [1.29, 1.82) is 0 Å². The number of rotatable bonds is 5. The molecule has 0 aliphatic carbocycles. The number of amides is 1. The van der Waals surface area contributed by atoms with Crippen LogP contribution < -0.4 is 10.5 Å². The molecule has 6 nitrogen and oxygen atoms in total. The maximum atomic E-state index is 12.1. The molecule has 1 aromatic heterocycles. The Bertz CT molecular complexity index is 642. The molecule has 3 N–H and O–H groups in total. The molecule has 0 aliphatic rings. The summed E-state index contributed by atoms with van der Waals surface area (Å²) in [5, 5.41) is 11.8. The molecule has 0 atom stereocenters. The van der Waals surface area contributed by atoms with E-state index in [0.29, 0.717) is 23.1 Å². The fraction of sp³-hybridized carbons (Fsp3) is 0.286. The predicted octanol–water partition coefficient (Wildman–Crippen LogP) is 1.64. The Kier molecular flexibility index (Phi) is 4.64. The Hall–Kier alpha value is -2.28. The molecule has 7 heteroatoms. The third-order valence-corrected chi connectivity index (χ3v) is 3.71. The first-order chi connectivity index (χ1) is 9.99. The number of thiazole rings is 1. The Balaban J connectivity index is 2.00. The quantitative estimate of drug-likeness (QED) is 0.876. The number of likely N-dealkylation sites (N-methyl/N-ethyl adjacent to an activating group) is 1. The van der Waals surface area contributed by atoms with Gasteiger partial charge in [-0.2, -0.15) is 0 Å². The van der Waals surface area contributed by atoms with Crippen LogP contribution in [0.2, 0.25) is 0 Å². The van der Waals surface area contributed by atoms with E-state index in [0.717, 1.165) is 5.56 Å². The highest BCUT2D eigenvalue weighted by Gasteiger charge is 2.13. The maximum absolute atomic E-state index is 12.1. The molecule has 0 radical (unpaired) electrons. The third kappa shape index (κ3) is 3.85. The van der Waals surface area contributed by atoms with Crippen molar-refractivity contribution < 1.29 is 14.6 Å². The van der Waals surface area contributed by atoms with Gasteiger partial charge in [0.05, 0.1) is 19.2 Å². The lowest BCUT2D eigenvalue weighted by Crippen LogP contribution is -2.27. The molecule has 112 valence electrons. The van der Waals surface area contributed by atoms with Gasteiger partial charge in [-0.15, -0.1) is 11.3 Å². The molecular formula is C14H17N3O3S. The SMILES string of the molecule is COc1cc(CN(C)C(=O)Cc2csc(N)n2)ccc1O. The van der Waals surface area contributed by atoms with Gasteiger partial charge in [0.25, 0.3) is 0 Å². The molecule has 0 bridgehead atoms. The summed E-state index contributed by atoms with van der Waals surface area (Å²) in [5.41, 5.74) is 7.10. The van der Waals surface area contributed by atoms with Crippen molar-refractivity contribution in [2.24, 2.45) is 0 Å². The van der Waals surface area contributed by atoms with E-state index < -0.39 is 0 Å². The Morgan fingerprint density at radius 2 is 2.29 bits per heavy atom. The van der Waals surface area contributed by atoms with Gasteiger partial charge >= 0.3 is 0 Å². The number of ether oxygens (including phenoxy) is 1. The Morgan fingerprint density at radius 3 is 2.90 bits per heavy atom. The van der Waals surface area contributed by atoms with E-state index in [-0.39, 0.29) is 18.1 Å². The van der Waals surface area contributed by atoms with Gasteiger partial charge in [0, 0.05) is 19.0 Å². The van der Waals surface area contributed by atoms with Crippen LogP contribution in [0.3, 0.4) is 0 Å². The van der Waals surface area contributed by atoms with Crippen LogP contribution in [-0.2, 0) is 17.8 Å². The molecule has 0 unspecified atom stereocenters. The van der Waals surface area contributed by atoms with E-state index in [2.05, 4.69) is 4.98 Å². The monoisotopic (exact) mass is 307 g/mol. The lowest BCUT2D eigenvalue weighted by atomic mass is 10.2. The van der Waals surface area contributed by atoms with Crippen LogP contribution >= 0.6 is 11.3 Å². The first-order valence-electron chi connectivity index (χ1n) is 6.29. The normalized spacial score (nSPS) is 10.4. The molecule has 1 aromatic carbocycles. The fourth-order valence-electron chi connectivity index (χ4n) is 1.88. The van der Waals surface area contributed by atoms with E-state index in [1.807, 2.05) is 0 Å². The number of phenolic OH excluding ortho intramolecular Hbond substituents is 1. The van der Waals surface area contributed by atoms with Crippen LogP contribution in [0.4, 0.5) is 5.13 Å². The summed E-state index contributed by atoms with van der Waals surface area (Å²) in [5.74, 6) is 0.418. The Morgan fingerprint density at radius 1 is 1.52 bits per heavy atom. The Labute approximate surface area is 126 Å². The number of benzene rings is 1. The molecule has 0 saturated carbocycles. The summed E-state index contributed by atoms with van der Waals surface area (Å²) in [7, 11) is 3.21. The van der Waals surface area contributed by atoms with E-state index >= 15 is 0 Å². The summed E-state index contributed by atoms with van der Waals surface area (Å²) < 4.78 is 5.05. The van der Waals surface area contributed by atoms with Crippen LogP contribution in [0.25, 0.3) is 0 Å². The topological polar surface area (TPSA) is 88.7 Å². The maximum Gasteiger partial charge on any atom is 0.228 e. The number of hydrogen-bond acceptors (Lipinski definition) is 6. The van der Waals surface area contributed by atoms with Crippen molar-refractivity contribution in [2.45, 2.75) is 13.0 Å². The summed E-state index contributed by atoms with van der Waals surface area (Å²) >= 11 is 1.32.